The van der Waals surface area contributed by atoms with E-state index in [-0.39, 0.29) is 11.1 Å². The molecule has 0 radical (unpaired) electrons. The fraction of sp³-hybridized carbons (Fsp3) is 0.625. The van der Waals surface area contributed by atoms with Crippen LogP contribution in [0.25, 0.3) is 0 Å². The van der Waals surface area contributed by atoms with E-state index >= 15 is 0 Å². The highest BCUT2D eigenvalue weighted by Gasteiger charge is 2.20. The second-order valence-corrected chi connectivity index (χ2v) is 6.62. The third kappa shape index (κ3) is 4.32. The Labute approximate surface area is 136 Å². The van der Waals surface area contributed by atoms with Gasteiger partial charge < -0.3 is 5.32 Å². The van der Waals surface area contributed by atoms with Crippen molar-refractivity contribution in [3.63, 3.8) is 0 Å². The van der Waals surface area contributed by atoms with Gasteiger partial charge in [0.1, 0.15) is 5.82 Å². The van der Waals surface area contributed by atoms with Crippen LogP contribution in [0, 0.1) is 5.82 Å². The molecule has 118 valence electrons. The topological polar surface area (TPSA) is 15.3 Å². The van der Waals surface area contributed by atoms with E-state index in [0.717, 1.165) is 6.54 Å². The monoisotopic (exact) mass is 332 g/mol. The van der Waals surface area contributed by atoms with E-state index in [1.807, 2.05) is 6.92 Å². The minimum Gasteiger partial charge on any atom is -0.309 e. The Hall–Kier alpha value is -0.350. The molecule has 0 spiro atoms. The average Bonchev–Trinajstić information content (AvgIpc) is 2.50. The maximum atomic E-state index is 13.6. The first-order valence-corrected chi connectivity index (χ1v) is 8.37. The number of rotatable bonds is 5. The quantitative estimate of drug-likeness (QED) is 0.789. The van der Waals surface area contributed by atoms with Gasteiger partial charge in [0.25, 0.3) is 0 Å². The summed E-state index contributed by atoms with van der Waals surface area (Å²) in [5.74, 6) is -0.422. The standard InChI is InChI=1S/C16H23Cl2FN2/c1-11(21-8-4-3-5-9-21)10-20-12(2)15-13(17)6-7-14(19)16(15)18/h6-7,11-12,20H,3-5,8-10H2,1-2H3. The molecule has 1 saturated heterocycles. The summed E-state index contributed by atoms with van der Waals surface area (Å²) in [4.78, 5) is 2.50. The normalized spacial score (nSPS) is 19.5. The van der Waals surface area contributed by atoms with E-state index < -0.39 is 5.82 Å². The van der Waals surface area contributed by atoms with Gasteiger partial charge >= 0.3 is 0 Å². The molecule has 2 nitrogen and oxygen atoms in total. The number of nitrogens with zero attached hydrogens (tertiary/aromatic N) is 1. The zero-order valence-corrected chi connectivity index (χ0v) is 14.1. The van der Waals surface area contributed by atoms with Crippen molar-refractivity contribution in [2.24, 2.45) is 0 Å². The molecule has 1 N–H and O–H groups in total. The molecule has 1 heterocycles. The number of hydrogen-bond acceptors (Lipinski definition) is 2. The number of benzene rings is 1. The van der Waals surface area contributed by atoms with Gasteiger partial charge in [-0.3, -0.25) is 4.90 Å². The summed E-state index contributed by atoms with van der Waals surface area (Å²) >= 11 is 12.2. The van der Waals surface area contributed by atoms with Crippen molar-refractivity contribution < 1.29 is 4.39 Å². The molecule has 1 aliphatic heterocycles. The van der Waals surface area contributed by atoms with Crippen LogP contribution in [0.5, 0.6) is 0 Å². The van der Waals surface area contributed by atoms with Crippen LogP contribution in [0.4, 0.5) is 4.39 Å². The lowest BCUT2D eigenvalue weighted by Gasteiger charge is -2.33. The van der Waals surface area contributed by atoms with Gasteiger partial charge in [0.15, 0.2) is 0 Å². The van der Waals surface area contributed by atoms with Crippen LogP contribution in [0.3, 0.4) is 0 Å². The van der Waals surface area contributed by atoms with Crippen LogP contribution in [0.15, 0.2) is 12.1 Å². The van der Waals surface area contributed by atoms with Crippen LogP contribution in [0.1, 0.15) is 44.7 Å². The summed E-state index contributed by atoms with van der Waals surface area (Å²) in [6.07, 6.45) is 3.89. The van der Waals surface area contributed by atoms with E-state index in [0.29, 0.717) is 16.6 Å². The summed E-state index contributed by atoms with van der Waals surface area (Å²) in [5, 5.41) is 4.05. The van der Waals surface area contributed by atoms with Crippen LogP contribution in [0.2, 0.25) is 10.0 Å². The van der Waals surface area contributed by atoms with E-state index in [9.17, 15) is 4.39 Å². The predicted octanol–water partition coefficient (Wildman–Crippen LogP) is 4.66. The zero-order chi connectivity index (χ0) is 15.4. The molecular weight excluding hydrogens is 310 g/mol. The Morgan fingerprint density at radius 1 is 1.19 bits per heavy atom. The lowest BCUT2D eigenvalue weighted by Crippen LogP contribution is -2.43. The van der Waals surface area contributed by atoms with Gasteiger partial charge in [-0.1, -0.05) is 29.6 Å². The second-order valence-electron chi connectivity index (χ2n) is 5.83. The Balaban J connectivity index is 1.95. The molecule has 1 fully saturated rings. The maximum absolute atomic E-state index is 13.6. The number of piperidine rings is 1. The minimum absolute atomic E-state index is 0.0760. The zero-order valence-electron chi connectivity index (χ0n) is 12.6. The molecule has 1 aromatic rings. The number of halogens is 3. The number of hydrogen-bond donors (Lipinski definition) is 1. The Morgan fingerprint density at radius 3 is 2.52 bits per heavy atom. The van der Waals surface area contributed by atoms with E-state index in [1.54, 1.807) is 6.07 Å². The van der Waals surface area contributed by atoms with Gasteiger partial charge in [0, 0.05) is 29.2 Å². The molecular formula is C16H23Cl2FN2. The third-order valence-corrected chi connectivity index (χ3v) is 4.96. The second kappa shape index (κ2) is 7.77. The maximum Gasteiger partial charge on any atom is 0.142 e. The number of nitrogens with one attached hydrogen (secondary N) is 1. The van der Waals surface area contributed by atoms with Crippen molar-refractivity contribution >= 4 is 23.2 Å². The molecule has 0 amide bonds. The first kappa shape index (κ1) is 17.0. The summed E-state index contributed by atoms with van der Waals surface area (Å²) in [7, 11) is 0. The van der Waals surface area contributed by atoms with Crippen LogP contribution >= 0.6 is 23.2 Å². The van der Waals surface area contributed by atoms with Gasteiger partial charge in [-0.2, -0.15) is 0 Å². The van der Waals surface area contributed by atoms with Crippen molar-refractivity contribution in [3.05, 3.63) is 33.6 Å². The van der Waals surface area contributed by atoms with E-state index in [1.165, 1.54) is 38.4 Å². The fourth-order valence-corrected chi connectivity index (χ4v) is 3.58. The van der Waals surface area contributed by atoms with Gasteiger partial charge in [0.05, 0.1) is 5.02 Å². The van der Waals surface area contributed by atoms with Crippen molar-refractivity contribution in [1.29, 1.82) is 0 Å². The highest BCUT2D eigenvalue weighted by Crippen LogP contribution is 2.32. The van der Waals surface area contributed by atoms with E-state index in [2.05, 4.69) is 17.1 Å². The lowest BCUT2D eigenvalue weighted by molar-refractivity contribution is 0.168. The highest BCUT2D eigenvalue weighted by atomic mass is 35.5. The smallest absolute Gasteiger partial charge is 0.142 e. The van der Waals surface area contributed by atoms with Crippen LogP contribution in [-0.4, -0.2) is 30.6 Å². The van der Waals surface area contributed by atoms with Crippen molar-refractivity contribution in [1.82, 2.24) is 10.2 Å². The van der Waals surface area contributed by atoms with Crippen LogP contribution in [-0.2, 0) is 0 Å². The summed E-state index contributed by atoms with van der Waals surface area (Å²) in [6, 6.07) is 3.24. The molecule has 2 unspecified atom stereocenters. The Morgan fingerprint density at radius 2 is 1.86 bits per heavy atom. The SMILES string of the molecule is CC(NCC(C)N1CCCCC1)c1c(Cl)ccc(F)c1Cl. The Bertz CT molecular complexity index is 476. The predicted molar refractivity (Wildman–Crippen MR) is 87.7 cm³/mol. The van der Waals surface area contributed by atoms with Crippen molar-refractivity contribution in [3.8, 4) is 0 Å². The largest absolute Gasteiger partial charge is 0.309 e. The van der Waals surface area contributed by atoms with Crippen LogP contribution < -0.4 is 5.32 Å². The van der Waals surface area contributed by atoms with Gasteiger partial charge in [-0.25, -0.2) is 4.39 Å². The molecule has 0 bridgehead atoms. The molecule has 0 saturated carbocycles. The van der Waals surface area contributed by atoms with Gasteiger partial charge in [-0.05, 0) is 51.9 Å². The molecule has 2 atom stereocenters. The first-order valence-electron chi connectivity index (χ1n) is 7.61. The molecule has 2 rings (SSSR count). The fourth-order valence-electron chi connectivity index (χ4n) is 2.88. The molecule has 1 aliphatic rings. The third-order valence-electron chi connectivity index (χ3n) is 4.25. The molecule has 1 aromatic carbocycles. The lowest BCUT2D eigenvalue weighted by atomic mass is 10.1. The summed E-state index contributed by atoms with van der Waals surface area (Å²) in [6.45, 7) is 7.36. The summed E-state index contributed by atoms with van der Waals surface area (Å²) < 4.78 is 13.6. The van der Waals surface area contributed by atoms with E-state index in [4.69, 9.17) is 23.2 Å². The molecule has 0 aliphatic carbocycles. The minimum atomic E-state index is -0.422. The average molecular weight is 333 g/mol. The van der Waals surface area contributed by atoms with Crippen molar-refractivity contribution in [2.45, 2.75) is 45.2 Å². The number of likely N-dealkylation sites (tertiary alicyclic amines) is 1. The molecule has 5 heteroatoms. The summed E-state index contributed by atoms with van der Waals surface area (Å²) in [5.41, 5.74) is 0.643. The first-order chi connectivity index (χ1) is 10.0. The highest BCUT2D eigenvalue weighted by molar-refractivity contribution is 6.36. The van der Waals surface area contributed by atoms with Crippen molar-refractivity contribution in [2.75, 3.05) is 19.6 Å². The molecule has 21 heavy (non-hydrogen) atoms. The van der Waals surface area contributed by atoms with Gasteiger partial charge in [-0.15, -0.1) is 0 Å². The molecule has 0 aromatic heterocycles. The Kier molecular flexibility index (Phi) is 6.30. The van der Waals surface area contributed by atoms with Gasteiger partial charge in [0.2, 0.25) is 0 Å².